The minimum Gasteiger partial charge on any atom is -0.326 e. The van der Waals surface area contributed by atoms with Crippen molar-refractivity contribution in [1.29, 1.82) is 0 Å². The summed E-state index contributed by atoms with van der Waals surface area (Å²) in [6.45, 7) is 1.49. The average Bonchev–Trinajstić information content (AvgIpc) is 2.52. The first-order chi connectivity index (χ1) is 11.4. The van der Waals surface area contributed by atoms with Gasteiger partial charge in [-0.3, -0.25) is 9.59 Å². The van der Waals surface area contributed by atoms with Gasteiger partial charge in [-0.25, -0.2) is 8.78 Å². The second kappa shape index (κ2) is 7.88. The third kappa shape index (κ3) is 4.76. The van der Waals surface area contributed by atoms with Crippen LogP contribution in [0.3, 0.4) is 0 Å². The Balaban J connectivity index is 1.98. The maximum absolute atomic E-state index is 13.1. The fourth-order valence-electron chi connectivity index (χ4n) is 2.10. The molecule has 1 N–H and O–H groups in total. The average molecular weight is 353 g/mol. The molecule has 0 saturated carbocycles. The van der Waals surface area contributed by atoms with E-state index in [0.29, 0.717) is 11.4 Å². The van der Waals surface area contributed by atoms with Crippen molar-refractivity contribution in [2.45, 2.75) is 13.3 Å². The molecule has 0 aliphatic rings. The Labute approximate surface area is 143 Å². The van der Waals surface area contributed by atoms with Crippen LogP contribution in [-0.2, 0) is 9.59 Å². The van der Waals surface area contributed by atoms with Crippen molar-refractivity contribution in [2.75, 3.05) is 16.8 Å². The van der Waals surface area contributed by atoms with Crippen molar-refractivity contribution < 1.29 is 18.4 Å². The maximum Gasteiger partial charge on any atom is 0.226 e. The van der Waals surface area contributed by atoms with E-state index in [-0.39, 0.29) is 29.8 Å². The number of carbonyl (C=O) groups excluding carboxylic acids is 2. The summed E-state index contributed by atoms with van der Waals surface area (Å²) in [6.07, 6.45) is 0.0198. The van der Waals surface area contributed by atoms with E-state index in [1.54, 1.807) is 0 Å². The van der Waals surface area contributed by atoms with Gasteiger partial charge in [0, 0.05) is 31.3 Å². The molecule has 0 bridgehead atoms. The molecule has 0 aliphatic heterocycles. The van der Waals surface area contributed by atoms with Gasteiger partial charge in [-0.05, 0) is 42.5 Å². The number of rotatable bonds is 5. The number of carbonyl (C=O) groups is 2. The second-order valence-electron chi connectivity index (χ2n) is 5.07. The highest BCUT2D eigenvalue weighted by Crippen LogP contribution is 2.20. The Bertz CT molecular complexity index is 751. The molecule has 2 aromatic carbocycles. The lowest BCUT2D eigenvalue weighted by molar-refractivity contribution is -0.117. The van der Waals surface area contributed by atoms with Crippen molar-refractivity contribution in [3.8, 4) is 0 Å². The minimum atomic E-state index is -0.575. The maximum atomic E-state index is 13.1. The van der Waals surface area contributed by atoms with Crippen molar-refractivity contribution in [1.82, 2.24) is 0 Å². The highest BCUT2D eigenvalue weighted by Gasteiger charge is 2.14. The molecule has 0 aromatic heterocycles. The number of nitrogens with zero attached hydrogens (tertiary/aromatic N) is 1. The summed E-state index contributed by atoms with van der Waals surface area (Å²) in [6, 6.07) is 9.26. The van der Waals surface area contributed by atoms with Crippen LogP contribution in [0, 0.1) is 11.6 Å². The van der Waals surface area contributed by atoms with E-state index in [4.69, 9.17) is 11.6 Å². The van der Waals surface area contributed by atoms with Crippen LogP contribution in [-0.4, -0.2) is 18.4 Å². The number of benzene rings is 2. The summed E-state index contributed by atoms with van der Waals surface area (Å²) in [5.74, 6) is -1.60. The predicted molar refractivity (Wildman–Crippen MR) is 89.1 cm³/mol. The zero-order chi connectivity index (χ0) is 17.7. The lowest BCUT2D eigenvalue weighted by atomic mass is 10.2. The molecule has 0 atom stereocenters. The number of anilines is 2. The Kier molecular flexibility index (Phi) is 5.87. The summed E-state index contributed by atoms with van der Waals surface area (Å²) in [7, 11) is 0. The van der Waals surface area contributed by atoms with Crippen molar-refractivity contribution in [2.24, 2.45) is 0 Å². The van der Waals surface area contributed by atoms with E-state index >= 15 is 0 Å². The van der Waals surface area contributed by atoms with E-state index < -0.39 is 11.6 Å². The summed E-state index contributed by atoms with van der Waals surface area (Å²) in [4.78, 5) is 25.1. The van der Waals surface area contributed by atoms with Gasteiger partial charge in [0.25, 0.3) is 0 Å². The first-order valence-corrected chi connectivity index (χ1v) is 7.53. The van der Waals surface area contributed by atoms with Crippen molar-refractivity contribution >= 4 is 34.8 Å². The molecule has 0 radical (unpaired) electrons. The van der Waals surface area contributed by atoms with Crippen molar-refractivity contribution in [3.05, 3.63) is 59.1 Å². The molecule has 0 aliphatic carbocycles. The zero-order valence-electron chi connectivity index (χ0n) is 12.9. The number of amides is 2. The molecule has 126 valence electrons. The number of hydrogen-bond acceptors (Lipinski definition) is 2. The minimum absolute atomic E-state index is 0.0198. The Morgan fingerprint density at radius 3 is 2.38 bits per heavy atom. The van der Waals surface area contributed by atoms with E-state index in [1.165, 1.54) is 48.2 Å². The highest BCUT2D eigenvalue weighted by atomic mass is 35.5. The molecule has 0 spiro atoms. The third-order valence-electron chi connectivity index (χ3n) is 3.28. The largest absolute Gasteiger partial charge is 0.326 e. The predicted octanol–water partition coefficient (Wildman–Crippen LogP) is 4.00. The first-order valence-electron chi connectivity index (χ1n) is 7.15. The SMILES string of the molecule is CC(=O)N(CCC(=O)Nc1ccc(F)c(Cl)c1)c1ccc(F)cc1. The van der Waals surface area contributed by atoms with Crippen LogP contribution in [0.4, 0.5) is 20.2 Å². The molecule has 0 fully saturated rings. The van der Waals surface area contributed by atoms with E-state index in [9.17, 15) is 18.4 Å². The van der Waals surface area contributed by atoms with E-state index in [1.807, 2.05) is 0 Å². The van der Waals surface area contributed by atoms with Gasteiger partial charge < -0.3 is 10.2 Å². The smallest absolute Gasteiger partial charge is 0.226 e. The highest BCUT2D eigenvalue weighted by molar-refractivity contribution is 6.31. The molecule has 4 nitrogen and oxygen atoms in total. The van der Waals surface area contributed by atoms with E-state index in [2.05, 4.69) is 5.32 Å². The Morgan fingerprint density at radius 1 is 1.12 bits per heavy atom. The molecular formula is C17H15ClF2N2O2. The van der Waals surface area contributed by atoms with Crippen LogP contribution in [0.1, 0.15) is 13.3 Å². The van der Waals surface area contributed by atoms with E-state index in [0.717, 1.165) is 6.07 Å². The molecule has 2 amide bonds. The van der Waals surface area contributed by atoms with Crippen LogP contribution in [0.5, 0.6) is 0 Å². The molecule has 7 heteroatoms. The van der Waals surface area contributed by atoms with Crippen LogP contribution < -0.4 is 10.2 Å². The lowest BCUT2D eigenvalue weighted by Crippen LogP contribution is -2.31. The molecule has 2 rings (SSSR count). The van der Waals surface area contributed by atoms with Crippen LogP contribution in [0.15, 0.2) is 42.5 Å². The zero-order valence-corrected chi connectivity index (χ0v) is 13.6. The standard InChI is InChI=1S/C17H15ClF2N2O2/c1-11(23)22(14-5-2-12(19)3-6-14)9-8-17(24)21-13-4-7-16(20)15(18)10-13/h2-7,10H,8-9H2,1H3,(H,21,24). The van der Waals surface area contributed by atoms with Gasteiger partial charge in [-0.2, -0.15) is 0 Å². The Morgan fingerprint density at radius 2 is 1.79 bits per heavy atom. The summed E-state index contributed by atoms with van der Waals surface area (Å²) in [5, 5.41) is 2.48. The van der Waals surface area contributed by atoms with Gasteiger partial charge >= 0.3 is 0 Å². The molecule has 24 heavy (non-hydrogen) atoms. The molecule has 0 heterocycles. The monoisotopic (exact) mass is 352 g/mol. The Hall–Kier alpha value is -2.47. The van der Waals surface area contributed by atoms with Gasteiger partial charge in [0.05, 0.1) is 5.02 Å². The number of halogens is 3. The summed E-state index contributed by atoms with van der Waals surface area (Å²) in [5.41, 5.74) is 0.865. The number of hydrogen-bond donors (Lipinski definition) is 1. The molecular weight excluding hydrogens is 338 g/mol. The molecule has 0 unspecified atom stereocenters. The topological polar surface area (TPSA) is 49.4 Å². The van der Waals surface area contributed by atoms with Crippen LogP contribution in [0.25, 0.3) is 0 Å². The fourth-order valence-corrected chi connectivity index (χ4v) is 2.28. The van der Waals surface area contributed by atoms with Gasteiger partial charge in [-0.1, -0.05) is 11.6 Å². The fraction of sp³-hybridized carbons (Fsp3) is 0.176. The van der Waals surface area contributed by atoms with Gasteiger partial charge in [0.15, 0.2) is 0 Å². The normalized spacial score (nSPS) is 10.3. The number of nitrogens with one attached hydrogen (secondary N) is 1. The molecule has 2 aromatic rings. The van der Waals surface area contributed by atoms with Crippen LogP contribution in [0.2, 0.25) is 5.02 Å². The summed E-state index contributed by atoms with van der Waals surface area (Å²) >= 11 is 5.65. The van der Waals surface area contributed by atoms with Crippen molar-refractivity contribution in [3.63, 3.8) is 0 Å². The van der Waals surface area contributed by atoms with Crippen LogP contribution >= 0.6 is 11.6 Å². The van der Waals surface area contributed by atoms with Gasteiger partial charge in [0.2, 0.25) is 11.8 Å². The van der Waals surface area contributed by atoms with Gasteiger partial charge in [0.1, 0.15) is 11.6 Å². The first kappa shape index (κ1) is 17.9. The second-order valence-corrected chi connectivity index (χ2v) is 5.48. The third-order valence-corrected chi connectivity index (χ3v) is 3.57. The van der Waals surface area contributed by atoms with Gasteiger partial charge in [-0.15, -0.1) is 0 Å². The summed E-state index contributed by atoms with van der Waals surface area (Å²) < 4.78 is 26.0. The molecule has 0 saturated heterocycles. The lowest BCUT2D eigenvalue weighted by Gasteiger charge is -2.21. The quantitative estimate of drug-likeness (QED) is 0.884.